The molecule has 5 rings (SSSR count). The molecule has 0 bridgehead atoms. The second-order valence-corrected chi connectivity index (χ2v) is 9.62. The van der Waals surface area contributed by atoms with Crippen molar-refractivity contribution in [2.75, 3.05) is 47.2 Å². The van der Waals surface area contributed by atoms with E-state index in [1.54, 1.807) is 4.90 Å². The van der Waals surface area contributed by atoms with Crippen molar-refractivity contribution in [3.63, 3.8) is 0 Å². The molecular formula is C25H28N6O3S. The third kappa shape index (κ3) is 4.76. The number of thioether (sulfide) groups is 1. The van der Waals surface area contributed by atoms with Crippen LogP contribution in [0.2, 0.25) is 0 Å². The van der Waals surface area contributed by atoms with E-state index in [9.17, 15) is 9.59 Å². The number of rotatable bonds is 5. The molecule has 1 fully saturated rings. The van der Waals surface area contributed by atoms with Crippen molar-refractivity contribution >= 4 is 40.9 Å². The molecule has 10 heteroatoms. The normalized spacial score (nSPS) is 18.1. The van der Waals surface area contributed by atoms with Gasteiger partial charge in [-0.05, 0) is 37.6 Å². The molecule has 2 amide bonds. The number of para-hydroxylation sites is 3. The first-order valence-electron chi connectivity index (χ1n) is 11.7. The summed E-state index contributed by atoms with van der Waals surface area (Å²) in [5.41, 5.74) is 3.44. The van der Waals surface area contributed by atoms with Crippen molar-refractivity contribution in [3.05, 3.63) is 54.1 Å². The highest BCUT2D eigenvalue weighted by Crippen LogP contribution is 2.33. The van der Waals surface area contributed by atoms with E-state index in [4.69, 9.17) is 4.74 Å². The molecule has 9 nitrogen and oxygen atoms in total. The second-order valence-electron chi connectivity index (χ2n) is 8.67. The number of hydrogen-bond acceptors (Lipinski definition) is 7. The van der Waals surface area contributed by atoms with Crippen molar-refractivity contribution in [3.8, 4) is 5.69 Å². The molecule has 0 aliphatic carbocycles. The van der Waals surface area contributed by atoms with Crippen molar-refractivity contribution in [2.24, 2.45) is 0 Å². The van der Waals surface area contributed by atoms with Crippen molar-refractivity contribution < 1.29 is 14.3 Å². The lowest BCUT2D eigenvalue weighted by atomic mass is 10.2. The molecule has 1 saturated heterocycles. The van der Waals surface area contributed by atoms with E-state index < -0.39 is 0 Å². The summed E-state index contributed by atoms with van der Waals surface area (Å²) in [5.74, 6) is 0.738. The third-order valence-corrected chi connectivity index (χ3v) is 7.13. The molecule has 2 aliphatic rings. The highest BCUT2D eigenvalue weighted by atomic mass is 32.2. The smallest absolute Gasteiger partial charge is 0.237 e. The molecule has 2 aliphatic heterocycles. The Bertz CT molecular complexity index is 1240. The van der Waals surface area contributed by atoms with Crippen LogP contribution in [-0.2, 0) is 14.3 Å². The average molecular weight is 493 g/mol. The number of ether oxygens (including phenoxy) is 1. The summed E-state index contributed by atoms with van der Waals surface area (Å²) in [4.78, 5) is 29.7. The van der Waals surface area contributed by atoms with Gasteiger partial charge >= 0.3 is 0 Å². The summed E-state index contributed by atoms with van der Waals surface area (Å²) < 4.78 is 7.55. The summed E-state index contributed by atoms with van der Waals surface area (Å²) in [7, 11) is 0. The van der Waals surface area contributed by atoms with Crippen LogP contribution in [0.25, 0.3) is 5.69 Å². The number of anilines is 3. The predicted octanol–water partition coefficient (Wildman–Crippen LogP) is 3.27. The highest BCUT2D eigenvalue weighted by molar-refractivity contribution is 7.99. The largest absolute Gasteiger partial charge is 0.378 e. The predicted molar refractivity (Wildman–Crippen MR) is 136 cm³/mol. The topological polar surface area (TPSA) is 92.6 Å². The van der Waals surface area contributed by atoms with Gasteiger partial charge in [0.05, 0.1) is 36.0 Å². The molecule has 0 radical (unpaired) electrons. The Morgan fingerprint density at radius 2 is 1.80 bits per heavy atom. The van der Waals surface area contributed by atoms with Gasteiger partial charge < -0.3 is 19.9 Å². The van der Waals surface area contributed by atoms with Crippen molar-refractivity contribution in [1.29, 1.82) is 0 Å². The van der Waals surface area contributed by atoms with Gasteiger partial charge in [0.1, 0.15) is 0 Å². The molecular weight excluding hydrogens is 464 g/mol. The summed E-state index contributed by atoms with van der Waals surface area (Å²) in [6, 6.07) is 15.2. The van der Waals surface area contributed by atoms with Gasteiger partial charge in [-0.25, -0.2) is 0 Å². The minimum Gasteiger partial charge on any atom is -0.378 e. The van der Waals surface area contributed by atoms with E-state index in [-0.39, 0.29) is 30.0 Å². The first-order valence-corrected chi connectivity index (χ1v) is 12.7. The zero-order valence-corrected chi connectivity index (χ0v) is 20.6. The zero-order valence-electron chi connectivity index (χ0n) is 19.8. The van der Waals surface area contributed by atoms with E-state index in [1.165, 1.54) is 11.8 Å². The first-order chi connectivity index (χ1) is 17.0. The van der Waals surface area contributed by atoms with Crippen LogP contribution < -0.4 is 15.1 Å². The van der Waals surface area contributed by atoms with Gasteiger partial charge in [0, 0.05) is 25.6 Å². The van der Waals surface area contributed by atoms with Gasteiger partial charge in [0.25, 0.3) is 0 Å². The first kappa shape index (κ1) is 23.4. The summed E-state index contributed by atoms with van der Waals surface area (Å²) >= 11 is 1.36. The van der Waals surface area contributed by atoms with E-state index in [0.717, 1.165) is 30.3 Å². The lowest BCUT2D eigenvalue weighted by Gasteiger charge is -2.28. The van der Waals surface area contributed by atoms with Crippen LogP contribution in [0.1, 0.15) is 18.9 Å². The monoisotopic (exact) mass is 492 g/mol. The van der Waals surface area contributed by atoms with Gasteiger partial charge in [0.2, 0.25) is 17.8 Å². The molecule has 0 spiro atoms. The molecule has 182 valence electrons. The zero-order chi connectivity index (χ0) is 24.4. The number of aryl methyl sites for hydroxylation is 1. The molecule has 3 heterocycles. The van der Waals surface area contributed by atoms with Crippen LogP contribution in [-0.4, -0.2) is 64.7 Å². The van der Waals surface area contributed by atoms with Gasteiger partial charge in [-0.3, -0.25) is 14.2 Å². The lowest BCUT2D eigenvalue weighted by molar-refractivity contribution is -0.117. The van der Waals surface area contributed by atoms with Crippen LogP contribution >= 0.6 is 11.8 Å². The van der Waals surface area contributed by atoms with Gasteiger partial charge in [-0.15, -0.1) is 10.2 Å². The van der Waals surface area contributed by atoms with Crippen LogP contribution in [0.4, 0.5) is 17.3 Å². The molecule has 2 aromatic carbocycles. The van der Waals surface area contributed by atoms with E-state index in [2.05, 4.69) is 33.4 Å². The summed E-state index contributed by atoms with van der Waals surface area (Å²) in [6.07, 6.45) is 0.242. The number of fused-ring (bicyclic) bond motifs is 1. The molecule has 35 heavy (non-hydrogen) atoms. The van der Waals surface area contributed by atoms with Crippen LogP contribution in [0, 0.1) is 6.92 Å². The lowest BCUT2D eigenvalue weighted by Crippen LogP contribution is -2.40. The molecule has 3 aromatic rings. The number of benzene rings is 2. The Kier molecular flexibility index (Phi) is 6.74. The number of morpholine rings is 1. The van der Waals surface area contributed by atoms with E-state index in [1.807, 2.05) is 54.0 Å². The molecule has 1 aromatic heterocycles. The number of amides is 2. The third-order valence-electron chi connectivity index (χ3n) is 6.22. The fraction of sp³-hybridized carbons (Fsp3) is 0.360. The molecule has 0 saturated carbocycles. The van der Waals surface area contributed by atoms with Crippen LogP contribution in [0.5, 0.6) is 0 Å². The fourth-order valence-electron chi connectivity index (χ4n) is 4.51. The maximum absolute atomic E-state index is 13.5. The quantitative estimate of drug-likeness (QED) is 0.547. The Morgan fingerprint density at radius 3 is 2.57 bits per heavy atom. The van der Waals surface area contributed by atoms with Crippen LogP contribution in [0.3, 0.4) is 0 Å². The maximum atomic E-state index is 13.5. The minimum absolute atomic E-state index is 0.0845. The minimum atomic E-state index is -0.259. The Morgan fingerprint density at radius 1 is 1.09 bits per heavy atom. The molecule has 1 N–H and O–H groups in total. The Labute approximate surface area is 208 Å². The SMILES string of the molecule is Cc1ccccc1-n1c(SCC(=O)N2c3ccccc3NC(=O)C[C@@H]2C)nnc1N1CCOCC1. The number of carbonyl (C=O) groups excluding carboxylic acids is 2. The molecule has 1 atom stereocenters. The number of hydrogen-bond donors (Lipinski definition) is 1. The van der Waals surface area contributed by atoms with Gasteiger partial charge in [-0.1, -0.05) is 42.1 Å². The number of nitrogens with one attached hydrogen (secondary N) is 1. The summed E-state index contributed by atoms with van der Waals surface area (Å²) in [5, 5.41) is 12.5. The number of aromatic nitrogens is 3. The maximum Gasteiger partial charge on any atom is 0.237 e. The van der Waals surface area contributed by atoms with Gasteiger partial charge in [0.15, 0.2) is 5.16 Å². The Balaban J connectivity index is 1.44. The van der Waals surface area contributed by atoms with Crippen molar-refractivity contribution in [1.82, 2.24) is 14.8 Å². The van der Waals surface area contributed by atoms with Crippen LogP contribution in [0.15, 0.2) is 53.7 Å². The average Bonchev–Trinajstić information content (AvgIpc) is 3.22. The van der Waals surface area contributed by atoms with E-state index in [0.29, 0.717) is 29.7 Å². The van der Waals surface area contributed by atoms with Gasteiger partial charge in [-0.2, -0.15) is 0 Å². The second kappa shape index (κ2) is 10.1. The standard InChI is InChI=1S/C25H28N6O3S/c1-17-7-3-5-9-20(17)31-24(29-11-13-34-14-12-29)27-28-25(31)35-16-23(33)30-18(2)15-22(32)26-19-8-4-6-10-21(19)30/h3-10,18H,11-16H2,1-2H3,(H,26,32)/t18-/m0/s1. The molecule has 0 unspecified atom stereocenters. The fourth-order valence-corrected chi connectivity index (χ4v) is 5.31. The number of carbonyl (C=O) groups is 2. The Hall–Kier alpha value is -3.37. The number of nitrogens with zero attached hydrogens (tertiary/aromatic N) is 5. The highest BCUT2D eigenvalue weighted by Gasteiger charge is 2.30. The van der Waals surface area contributed by atoms with E-state index >= 15 is 0 Å². The summed E-state index contributed by atoms with van der Waals surface area (Å²) in [6.45, 7) is 6.70. The van der Waals surface area contributed by atoms with Crippen molar-refractivity contribution in [2.45, 2.75) is 31.5 Å².